The number of hydrogen-bond acceptors (Lipinski definition) is 0. The Kier molecular flexibility index (Phi) is 3.89. The third kappa shape index (κ3) is 2.08. The summed E-state index contributed by atoms with van der Waals surface area (Å²) in [5.41, 5.74) is 2.71. The molecular weight excluding hydrogens is 247 g/mol. The van der Waals surface area contributed by atoms with E-state index in [1.54, 1.807) is 0 Å². The summed E-state index contributed by atoms with van der Waals surface area (Å²) in [5.74, 6) is 0. The quantitative estimate of drug-likeness (QED) is 0.669. The van der Waals surface area contributed by atoms with E-state index >= 15 is 0 Å². The number of allylic oxidation sites excluding steroid dienone is 8. The fourth-order valence-electron chi connectivity index (χ4n) is 1.81. The standard InChI is InChI=1S/C13H14.Zr/c1-13(2,11-7-3-4-8-11)12-9-5-6-10-12;/h3,5,7,9H,4,6H2,1-2H3;/q-2;+2. The molecule has 2 rings (SSSR count). The Bertz CT molecular complexity index is 295. The van der Waals surface area contributed by atoms with Gasteiger partial charge in [0.05, 0.1) is 0 Å². The first-order chi connectivity index (χ1) is 6.21. The normalized spacial score (nSPS) is 19.3. The summed E-state index contributed by atoms with van der Waals surface area (Å²) in [6.07, 6.45) is 17.4. The second-order valence-corrected chi connectivity index (χ2v) is 4.02. The minimum Gasteiger partial charge on any atom is -0.269 e. The molecule has 70 valence electrons. The predicted octanol–water partition coefficient (Wildman–Crippen LogP) is 3.39. The van der Waals surface area contributed by atoms with Crippen LogP contribution in [0.2, 0.25) is 0 Å². The van der Waals surface area contributed by atoms with Crippen molar-refractivity contribution in [2.45, 2.75) is 26.7 Å². The second kappa shape index (κ2) is 4.57. The first-order valence-electron chi connectivity index (χ1n) is 4.77. The first-order valence-corrected chi connectivity index (χ1v) is 4.77. The summed E-state index contributed by atoms with van der Waals surface area (Å²) >= 11 is 0. The Labute approximate surface area is 106 Å². The number of hydrogen-bond donors (Lipinski definition) is 0. The first kappa shape index (κ1) is 11.9. The zero-order valence-electron chi connectivity index (χ0n) is 8.72. The van der Waals surface area contributed by atoms with Gasteiger partial charge in [-0.25, -0.2) is 23.3 Å². The predicted molar refractivity (Wildman–Crippen MR) is 54.8 cm³/mol. The SMILES string of the molecule is CC(C)(C1=[C-]CC=C1)C1=[C-]CC=C1.[Zr+2]. The molecule has 0 bridgehead atoms. The van der Waals surface area contributed by atoms with Crippen LogP contribution in [0, 0.1) is 17.6 Å². The fraction of sp³-hybridized carbons (Fsp3) is 0.385. The van der Waals surface area contributed by atoms with Crippen LogP contribution < -0.4 is 0 Å². The van der Waals surface area contributed by atoms with Gasteiger partial charge in [0.15, 0.2) is 0 Å². The van der Waals surface area contributed by atoms with Crippen molar-refractivity contribution in [1.29, 1.82) is 0 Å². The largest absolute Gasteiger partial charge is 2.00 e. The van der Waals surface area contributed by atoms with Crippen LogP contribution in [0.1, 0.15) is 26.7 Å². The van der Waals surface area contributed by atoms with Gasteiger partial charge in [0.25, 0.3) is 0 Å². The summed E-state index contributed by atoms with van der Waals surface area (Å²) in [5, 5.41) is 0. The van der Waals surface area contributed by atoms with Crippen LogP contribution in [0.25, 0.3) is 0 Å². The van der Waals surface area contributed by atoms with Gasteiger partial charge in [0.2, 0.25) is 0 Å². The smallest absolute Gasteiger partial charge is 0.269 e. The molecule has 2 aliphatic carbocycles. The van der Waals surface area contributed by atoms with E-state index in [1.807, 2.05) is 0 Å². The van der Waals surface area contributed by atoms with E-state index in [9.17, 15) is 0 Å². The van der Waals surface area contributed by atoms with Crippen LogP contribution >= 0.6 is 0 Å². The third-order valence-corrected chi connectivity index (χ3v) is 2.74. The van der Waals surface area contributed by atoms with Gasteiger partial charge < -0.3 is 0 Å². The third-order valence-electron chi connectivity index (χ3n) is 2.74. The Morgan fingerprint density at radius 1 is 1.00 bits per heavy atom. The van der Waals surface area contributed by atoms with E-state index in [1.165, 1.54) is 11.1 Å². The molecule has 0 nitrogen and oxygen atoms in total. The van der Waals surface area contributed by atoms with Gasteiger partial charge in [-0.1, -0.05) is 19.3 Å². The maximum atomic E-state index is 3.38. The van der Waals surface area contributed by atoms with E-state index in [0.717, 1.165) is 12.8 Å². The summed E-state index contributed by atoms with van der Waals surface area (Å²) < 4.78 is 0. The summed E-state index contributed by atoms with van der Waals surface area (Å²) in [4.78, 5) is 0. The average molecular weight is 261 g/mol. The minimum absolute atomic E-state index is 0. The summed E-state index contributed by atoms with van der Waals surface area (Å²) in [6, 6.07) is 0. The van der Waals surface area contributed by atoms with Gasteiger partial charge in [-0.2, -0.15) is 12.2 Å². The van der Waals surface area contributed by atoms with Crippen molar-refractivity contribution < 1.29 is 26.2 Å². The molecule has 14 heavy (non-hydrogen) atoms. The van der Waals surface area contributed by atoms with Crippen molar-refractivity contribution in [3.63, 3.8) is 0 Å². The van der Waals surface area contributed by atoms with Crippen molar-refractivity contribution >= 4 is 0 Å². The summed E-state index contributed by atoms with van der Waals surface area (Å²) in [6.45, 7) is 4.48. The maximum Gasteiger partial charge on any atom is 2.00 e. The van der Waals surface area contributed by atoms with Gasteiger partial charge in [0.1, 0.15) is 0 Å². The zero-order chi connectivity index (χ0) is 9.31. The Morgan fingerprint density at radius 2 is 1.43 bits per heavy atom. The van der Waals surface area contributed by atoms with Gasteiger partial charge >= 0.3 is 26.2 Å². The molecule has 1 heteroatoms. The minimum atomic E-state index is 0. The second-order valence-electron chi connectivity index (χ2n) is 4.02. The van der Waals surface area contributed by atoms with Crippen molar-refractivity contribution in [2.24, 2.45) is 5.41 Å². The van der Waals surface area contributed by atoms with Crippen LogP contribution in [0.5, 0.6) is 0 Å². The Hall–Kier alpha value is -0.157. The van der Waals surface area contributed by atoms with Crippen molar-refractivity contribution in [3.05, 3.63) is 47.6 Å². The molecule has 0 amide bonds. The molecule has 0 aromatic carbocycles. The Balaban J connectivity index is 0.000000980. The monoisotopic (exact) mass is 260 g/mol. The zero-order valence-corrected chi connectivity index (χ0v) is 11.2. The van der Waals surface area contributed by atoms with Crippen LogP contribution in [0.4, 0.5) is 0 Å². The molecule has 2 aliphatic rings. The fourth-order valence-corrected chi connectivity index (χ4v) is 1.81. The van der Waals surface area contributed by atoms with Gasteiger partial charge in [0, 0.05) is 0 Å². The molecular formula is C13H14Zr. The molecule has 0 unspecified atom stereocenters. The maximum absolute atomic E-state index is 3.38. The molecule has 0 heterocycles. The molecule has 0 spiro atoms. The molecule has 0 aliphatic heterocycles. The molecule has 0 saturated carbocycles. The topological polar surface area (TPSA) is 0 Å². The van der Waals surface area contributed by atoms with Crippen molar-refractivity contribution in [1.82, 2.24) is 0 Å². The van der Waals surface area contributed by atoms with Gasteiger partial charge in [-0.3, -0.25) is 12.2 Å². The van der Waals surface area contributed by atoms with Gasteiger partial charge in [-0.15, -0.1) is 12.8 Å². The molecule has 0 fully saturated rings. The van der Waals surface area contributed by atoms with E-state index < -0.39 is 0 Å². The van der Waals surface area contributed by atoms with E-state index in [-0.39, 0.29) is 31.6 Å². The molecule has 0 aromatic rings. The van der Waals surface area contributed by atoms with Gasteiger partial charge in [-0.05, 0) is 0 Å². The number of rotatable bonds is 2. The van der Waals surface area contributed by atoms with E-state index in [2.05, 4.69) is 50.3 Å². The van der Waals surface area contributed by atoms with Crippen LogP contribution in [0.3, 0.4) is 0 Å². The average Bonchev–Trinajstić information content (AvgIpc) is 2.78. The summed E-state index contributed by atoms with van der Waals surface area (Å²) in [7, 11) is 0. The van der Waals surface area contributed by atoms with Crippen LogP contribution in [0.15, 0.2) is 35.5 Å². The Morgan fingerprint density at radius 3 is 1.71 bits per heavy atom. The van der Waals surface area contributed by atoms with E-state index in [4.69, 9.17) is 0 Å². The van der Waals surface area contributed by atoms with Crippen molar-refractivity contribution in [3.8, 4) is 0 Å². The molecule has 0 aromatic heterocycles. The van der Waals surface area contributed by atoms with E-state index in [0.29, 0.717) is 0 Å². The van der Waals surface area contributed by atoms with Crippen LogP contribution in [-0.2, 0) is 26.2 Å². The molecule has 0 saturated heterocycles. The molecule has 0 radical (unpaired) electrons. The molecule has 0 atom stereocenters. The van der Waals surface area contributed by atoms with Crippen molar-refractivity contribution in [2.75, 3.05) is 0 Å². The van der Waals surface area contributed by atoms with Crippen LogP contribution in [-0.4, -0.2) is 0 Å². The molecule has 0 N–H and O–H groups in total.